The summed E-state index contributed by atoms with van der Waals surface area (Å²) in [5.74, 6) is 5.35. The molecule has 3 N–H and O–H groups in total. The van der Waals surface area contributed by atoms with Crippen LogP contribution in [0.5, 0.6) is 0 Å². The Kier molecular flexibility index (Phi) is 4.52. The number of nitrogens with zero attached hydrogens (tertiary/aromatic N) is 1. The zero-order valence-electron chi connectivity index (χ0n) is 10.5. The Labute approximate surface area is 120 Å². The van der Waals surface area contributed by atoms with Gasteiger partial charge in [-0.15, -0.1) is 11.3 Å². The number of nitrogens with one attached hydrogen (secondary N) is 1. The molecule has 0 aliphatic heterocycles. The maximum atomic E-state index is 12.2. The number of carbonyl (C=O) groups excluding carboxylic acids is 1. The third-order valence-electron chi connectivity index (χ3n) is 2.45. The lowest BCUT2D eigenvalue weighted by molar-refractivity contribution is 0.103. The number of nitriles is 1. The third-order valence-corrected chi connectivity index (χ3v) is 3.36. The highest BCUT2D eigenvalue weighted by molar-refractivity contribution is 7.12. The molecule has 0 radical (unpaired) electrons. The van der Waals surface area contributed by atoms with Crippen molar-refractivity contribution in [3.05, 3.63) is 51.7 Å². The number of hydrogen-bond acceptors (Lipinski definition) is 4. The lowest BCUT2D eigenvalue weighted by Gasteiger charge is -2.04. The van der Waals surface area contributed by atoms with Crippen molar-refractivity contribution in [2.45, 2.75) is 0 Å². The van der Waals surface area contributed by atoms with Crippen LogP contribution in [0.15, 0.2) is 35.7 Å². The molecule has 0 spiro atoms. The van der Waals surface area contributed by atoms with Gasteiger partial charge in [-0.25, -0.2) is 0 Å². The van der Waals surface area contributed by atoms with Crippen LogP contribution >= 0.6 is 11.3 Å². The summed E-state index contributed by atoms with van der Waals surface area (Å²) in [6, 6.07) is 10.6. The van der Waals surface area contributed by atoms with Gasteiger partial charge in [0.15, 0.2) is 0 Å². The van der Waals surface area contributed by atoms with E-state index in [4.69, 9.17) is 11.0 Å². The van der Waals surface area contributed by atoms with Gasteiger partial charge in [-0.05, 0) is 29.6 Å². The zero-order valence-corrected chi connectivity index (χ0v) is 11.3. The highest BCUT2D eigenvalue weighted by Gasteiger charge is 2.12. The Balaban J connectivity index is 2.20. The molecule has 0 saturated heterocycles. The van der Waals surface area contributed by atoms with Gasteiger partial charge in [0.05, 0.1) is 18.2 Å². The molecule has 0 aliphatic carbocycles. The van der Waals surface area contributed by atoms with Crippen LogP contribution in [0.2, 0.25) is 0 Å². The Hall–Kier alpha value is -2.60. The van der Waals surface area contributed by atoms with Gasteiger partial charge in [-0.3, -0.25) is 4.79 Å². The van der Waals surface area contributed by atoms with E-state index in [1.807, 2.05) is 6.07 Å². The lowest BCUT2D eigenvalue weighted by Crippen LogP contribution is -2.11. The van der Waals surface area contributed by atoms with Gasteiger partial charge in [0.2, 0.25) is 0 Å². The molecule has 2 rings (SSSR count). The maximum absolute atomic E-state index is 12.2. The first-order valence-electron chi connectivity index (χ1n) is 5.82. The van der Waals surface area contributed by atoms with Gasteiger partial charge in [0, 0.05) is 11.3 Å². The highest BCUT2D eigenvalue weighted by atomic mass is 32.1. The van der Waals surface area contributed by atoms with E-state index in [0.717, 1.165) is 0 Å². The van der Waals surface area contributed by atoms with Crippen LogP contribution in [-0.2, 0) is 0 Å². The Morgan fingerprint density at radius 3 is 3.00 bits per heavy atom. The first kappa shape index (κ1) is 13.8. The molecular weight excluding hydrogens is 270 g/mol. The largest absolute Gasteiger partial charge is 0.321 e. The van der Waals surface area contributed by atoms with Crippen molar-refractivity contribution in [2.24, 2.45) is 5.73 Å². The van der Waals surface area contributed by atoms with Crippen molar-refractivity contribution < 1.29 is 4.79 Å². The Morgan fingerprint density at radius 1 is 1.40 bits per heavy atom. The minimum absolute atomic E-state index is 0.239. The van der Waals surface area contributed by atoms with Crippen LogP contribution in [0.1, 0.15) is 20.8 Å². The van der Waals surface area contributed by atoms with E-state index in [-0.39, 0.29) is 12.5 Å². The molecule has 5 heteroatoms. The fourth-order valence-electron chi connectivity index (χ4n) is 1.58. The summed E-state index contributed by atoms with van der Waals surface area (Å²) >= 11 is 1.32. The van der Waals surface area contributed by atoms with Crippen molar-refractivity contribution >= 4 is 22.9 Å². The third kappa shape index (κ3) is 3.24. The molecule has 0 atom stereocenters. The van der Waals surface area contributed by atoms with E-state index < -0.39 is 0 Å². The van der Waals surface area contributed by atoms with Crippen LogP contribution in [-0.4, -0.2) is 12.5 Å². The van der Waals surface area contributed by atoms with Crippen molar-refractivity contribution in [3.8, 4) is 17.9 Å². The summed E-state index contributed by atoms with van der Waals surface area (Å²) < 4.78 is 0. The quantitative estimate of drug-likeness (QED) is 0.828. The first-order chi connectivity index (χ1) is 9.74. The van der Waals surface area contributed by atoms with E-state index in [1.54, 1.807) is 35.7 Å². The molecule has 0 saturated carbocycles. The molecule has 20 heavy (non-hydrogen) atoms. The highest BCUT2D eigenvalue weighted by Crippen LogP contribution is 2.18. The normalized spacial score (nSPS) is 9.20. The number of hydrogen-bond donors (Lipinski definition) is 2. The summed E-state index contributed by atoms with van der Waals surface area (Å²) in [4.78, 5) is 12.7. The standard InChI is InChI=1S/C15H11N3OS/c16-7-2-4-12-6-8-20-14(12)15(19)18-13-5-1-3-11(9-13)10-17/h1,3,5-6,8-9H,7,16H2,(H,18,19). The topological polar surface area (TPSA) is 78.9 Å². The smallest absolute Gasteiger partial charge is 0.267 e. The number of nitrogens with two attached hydrogens (primary N) is 1. The summed E-state index contributed by atoms with van der Waals surface area (Å²) in [5, 5.41) is 13.4. The second-order valence-electron chi connectivity index (χ2n) is 3.82. The van der Waals surface area contributed by atoms with E-state index in [0.29, 0.717) is 21.7 Å². The molecule has 4 nitrogen and oxygen atoms in total. The van der Waals surface area contributed by atoms with E-state index in [2.05, 4.69) is 17.2 Å². The minimum Gasteiger partial charge on any atom is -0.321 e. The molecule has 1 amide bonds. The van der Waals surface area contributed by atoms with Crippen LogP contribution < -0.4 is 11.1 Å². The van der Waals surface area contributed by atoms with E-state index in [9.17, 15) is 4.79 Å². The Bertz CT molecular complexity index is 731. The first-order valence-corrected chi connectivity index (χ1v) is 6.70. The predicted octanol–water partition coefficient (Wildman–Crippen LogP) is 2.18. The second kappa shape index (κ2) is 6.53. The van der Waals surface area contributed by atoms with Crippen LogP contribution in [0.25, 0.3) is 0 Å². The summed E-state index contributed by atoms with van der Waals surface area (Å²) in [6.07, 6.45) is 0. The van der Waals surface area contributed by atoms with Gasteiger partial charge in [0.25, 0.3) is 5.91 Å². The molecule has 1 aromatic heterocycles. The molecule has 98 valence electrons. The monoisotopic (exact) mass is 281 g/mol. The number of benzene rings is 1. The van der Waals surface area contributed by atoms with Gasteiger partial charge in [-0.1, -0.05) is 17.9 Å². The van der Waals surface area contributed by atoms with Crippen LogP contribution in [0, 0.1) is 23.2 Å². The molecule has 2 aromatic rings. The van der Waals surface area contributed by atoms with Crippen molar-refractivity contribution in [3.63, 3.8) is 0 Å². The summed E-state index contributed by atoms with van der Waals surface area (Å²) in [7, 11) is 0. The number of amides is 1. The van der Waals surface area contributed by atoms with Gasteiger partial charge in [0.1, 0.15) is 4.88 Å². The van der Waals surface area contributed by atoms with Crippen LogP contribution in [0.3, 0.4) is 0 Å². The fraction of sp³-hybridized carbons (Fsp3) is 0.0667. The van der Waals surface area contributed by atoms with Crippen LogP contribution in [0.4, 0.5) is 5.69 Å². The van der Waals surface area contributed by atoms with Crippen molar-refractivity contribution in [2.75, 3.05) is 11.9 Å². The molecule has 1 aromatic carbocycles. The molecule has 0 unspecified atom stereocenters. The lowest BCUT2D eigenvalue weighted by atomic mass is 10.2. The van der Waals surface area contributed by atoms with E-state index >= 15 is 0 Å². The average molecular weight is 281 g/mol. The number of thiophene rings is 1. The number of carbonyl (C=O) groups is 1. The summed E-state index contributed by atoms with van der Waals surface area (Å²) in [6.45, 7) is 0.251. The van der Waals surface area contributed by atoms with Gasteiger partial charge >= 0.3 is 0 Å². The zero-order chi connectivity index (χ0) is 14.4. The van der Waals surface area contributed by atoms with E-state index in [1.165, 1.54) is 11.3 Å². The predicted molar refractivity (Wildman–Crippen MR) is 79.4 cm³/mol. The molecular formula is C15H11N3OS. The molecule has 1 heterocycles. The second-order valence-corrected chi connectivity index (χ2v) is 4.73. The molecule has 0 bridgehead atoms. The molecule has 0 aliphatic rings. The SMILES string of the molecule is N#Cc1cccc(NC(=O)c2sccc2C#CCN)c1. The number of rotatable bonds is 2. The summed E-state index contributed by atoms with van der Waals surface area (Å²) in [5.41, 5.74) is 7.07. The number of anilines is 1. The maximum Gasteiger partial charge on any atom is 0.267 e. The Morgan fingerprint density at radius 2 is 2.25 bits per heavy atom. The van der Waals surface area contributed by atoms with Crippen molar-refractivity contribution in [1.82, 2.24) is 0 Å². The minimum atomic E-state index is -0.239. The average Bonchev–Trinajstić information content (AvgIpc) is 2.93. The van der Waals surface area contributed by atoms with Gasteiger partial charge < -0.3 is 11.1 Å². The molecule has 0 fully saturated rings. The van der Waals surface area contributed by atoms with Crippen molar-refractivity contribution in [1.29, 1.82) is 5.26 Å². The fourth-order valence-corrected chi connectivity index (χ4v) is 2.33. The van der Waals surface area contributed by atoms with Gasteiger partial charge in [-0.2, -0.15) is 5.26 Å².